The number of piperidine rings is 1. The molecule has 2 fully saturated rings. The fourth-order valence-electron chi connectivity index (χ4n) is 2.35. The summed E-state index contributed by atoms with van der Waals surface area (Å²) in [6.07, 6.45) is 3.21. The lowest BCUT2D eigenvalue weighted by Crippen LogP contribution is -2.36. The fourth-order valence-corrected chi connectivity index (χ4v) is 2.35. The van der Waals surface area contributed by atoms with Gasteiger partial charge in [-0.2, -0.15) is 0 Å². The fraction of sp³-hybridized carbons (Fsp3) is 1.00. The van der Waals surface area contributed by atoms with Gasteiger partial charge in [0.15, 0.2) is 0 Å². The van der Waals surface area contributed by atoms with Crippen molar-refractivity contribution in [3.8, 4) is 0 Å². The molecule has 2 aliphatic rings. The molecule has 2 heterocycles. The van der Waals surface area contributed by atoms with Crippen LogP contribution in [0.5, 0.6) is 0 Å². The Hall–Kier alpha value is -0.0800. The molecule has 0 amide bonds. The van der Waals surface area contributed by atoms with E-state index in [1.807, 2.05) is 0 Å². The lowest BCUT2D eigenvalue weighted by Gasteiger charge is -2.29. The van der Waals surface area contributed by atoms with Crippen LogP contribution in [0, 0.1) is 5.92 Å². The van der Waals surface area contributed by atoms with Gasteiger partial charge >= 0.3 is 0 Å². The molecule has 2 nitrogen and oxygen atoms in total. The summed E-state index contributed by atoms with van der Waals surface area (Å²) >= 11 is 0. The molecule has 0 aromatic heterocycles. The van der Waals surface area contributed by atoms with E-state index >= 15 is 0 Å². The molecular weight excluding hydrogens is 138 g/mol. The number of fused-ring (bicyclic) bond motifs is 2. The molecule has 2 saturated heterocycles. The summed E-state index contributed by atoms with van der Waals surface area (Å²) in [5.74, 6) is 0.851. The molecule has 0 spiro atoms. The summed E-state index contributed by atoms with van der Waals surface area (Å²) in [5, 5.41) is 0. The highest BCUT2D eigenvalue weighted by atomic mass is 16.5. The van der Waals surface area contributed by atoms with Crippen molar-refractivity contribution in [1.29, 1.82) is 0 Å². The monoisotopic (exact) mass is 155 g/mol. The van der Waals surface area contributed by atoms with Crippen LogP contribution in [0.25, 0.3) is 0 Å². The van der Waals surface area contributed by atoms with Gasteiger partial charge in [0.05, 0.1) is 6.10 Å². The largest absolute Gasteiger partial charge is 0.378 e. The van der Waals surface area contributed by atoms with Gasteiger partial charge in [0.1, 0.15) is 0 Å². The second-order valence-electron chi connectivity index (χ2n) is 3.63. The minimum absolute atomic E-state index is 0.582. The van der Waals surface area contributed by atoms with Gasteiger partial charge in [-0.05, 0) is 32.2 Å². The molecule has 0 radical (unpaired) electrons. The lowest BCUT2D eigenvalue weighted by atomic mass is 9.97. The molecule has 0 aromatic carbocycles. The molecule has 0 saturated carbocycles. The highest BCUT2D eigenvalue weighted by Crippen LogP contribution is 2.28. The van der Waals surface area contributed by atoms with E-state index < -0.39 is 0 Å². The van der Waals surface area contributed by atoms with Gasteiger partial charge in [-0.1, -0.05) is 0 Å². The average Bonchev–Trinajstić information content (AvgIpc) is 2.40. The standard InChI is InChI=1S/C9H17NO/c1-2-11-9-4-6-10-5-3-8(9)7-10/h8-9H,2-7H2,1H3. The first-order valence-electron chi connectivity index (χ1n) is 4.74. The van der Waals surface area contributed by atoms with Crippen LogP contribution in [0.15, 0.2) is 0 Å². The predicted molar refractivity (Wildman–Crippen MR) is 44.6 cm³/mol. The van der Waals surface area contributed by atoms with Crippen molar-refractivity contribution in [2.24, 2.45) is 5.92 Å². The van der Waals surface area contributed by atoms with Crippen LogP contribution in [-0.2, 0) is 4.74 Å². The molecule has 64 valence electrons. The van der Waals surface area contributed by atoms with E-state index in [0.717, 1.165) is 12.5 Å². The maximum atomic E-state index is 5.69. The van der Waals surface area contributed by atoms with E-state index in [1.165, 1.54) is 32.5 Å². The van der Waals surface area contributed by atoms with Crippen molar-refractivity contribution < 1.29 is 4.74 Å². The van der Waals surface area contributed by atoms with E-state index in [9.17, 15) is 0 Å². The second-order valence-corrected chi connectivity index (χ2v) is 3.63. The quantitative estimate of drug-likeness (QED) is 0.592. The van der Waals surface area contributed by atoms with Crippen LogP contribution < -0.4 is 0 Å². The van der Waals surface area contributed by atoms with Gasteiger partial charge in [0.2, 0.25) is 0 Å². The Morgan fingerprint density at radius 2 is 2.18 bits per heavy atom. The van der Waals surface area contributed by atoms with Crippen molar-refractivity contribution in [3.63, 3.8) is 0 Å². The predicted octanol–water partition coefficient (Wildman–Crippen LogP) is 1.12. The van der Waals surface area contributed by atoms with Gasteiger partial charge in [0, 0.05) is 19.7 Å². The Balaban J connectivity index is 1.91. The van der Waals surface area contributed by atoms with Gasteiger partial charge in [-0.15, -0.1) is 0 Å². The Morgan fingerprint density at radius 1 is 1.36 bits per heavy atom. The molecule has 11 heavy (non-hydrogen) atoms. The first-order chi connectivity index (χ1) is 5.40. The van der Waals surface area contributed by atoms with Crippen molar-refractivity contribution in [3.05, 3.63) is 0 Å². The number of rotatable bonds is 2. The number of hydrogen-bond acceptors (Lipinski definition) is 2. The number of nitrogens with zero attached hydrogens (tertiary/aromatic N) is 1. The third-order valence-corrected chi connectivity index (χ3v) is 2.95. The van der Waals surface area contributed by atoms with Crippen LogP contribution >= 0.6 is 0 Å². The number of hydrogen-bond donors (Lipinski definition) is 0. The lowest BCUT2D eigenvalue weighted by molar-refractivity contribution is -0.00197. The molecule has 0 N–H and O–H groups in total. The van der Waals surface area contributed by atoms with Crippen molar-refractivity contribution in [2.45, 2.75) is 25.9 Å². The topological polar surface area (TPSA) is 12.5 Å². The van der Waals surface area contributed by atoms with Gasteiger partial charge in [0.25, 0.3) is 0 Å². The third-order valence-electron chi connectivity index (χ3n) is 2.95. The molecule has 0 aromatic rings. The van der Waals surface area contributed by atoms with E-state index in [4.69, 9.17) is 4.74 Å². The maximum Gasteiger partial charge on any atom is 0.0628 e. The van der Waals surface area contributed by atoms with Crippen molar-refractivity contribution in [1.82, 2.24) is 4.90 Å². The van der Waals surface area contributed by atoms with E-state index in [1.54, 1.807) is 0 Å². The second kappa shape index (κ2) is 3.11. The van der Waals surface area contributed by atoms with Crippen LogP contribution in [0.1, 0.15) is 19.8 Å². The Kier molecular flexibility index (Phi) is 2.14. The molecular formula is C9H17NO. The van der Waals surface area contributed by atoms with Crippen molar-refractivity contribution >= 4 is 0 Å². The van der Waals surface area contributed by atoms with E-state index in [0.29, 0.717) is 6.10 Å². The highest BCUT2D eigenvalue weighted by Gasteiger charge is 2.34. The summed E-state index contributed by atoms with van der Waals surface area (Å²) in [7, 11) is 0. The summed E-state index contributed by atoms with van der Waals surface area (Å²) in [6, 6.07) is 0. The average molecular weight is 155 g/mol. The van der Waals surface area contributed by atoms with E-state index in [2.05, 4.69) is 11.8 Å². The third kappa shape index (κ3) is 1.42. The highest BCUT2D eigenvalue weighted by molar-refractivity contribution is 4.87. The van der Waals surface area contributed by atoms with Gasteiger partial charge in [-0.3, -0.25) is 0 Å². The number of ether oxygens (including phenoxy) is 1. The molecule has 3 unspecified atom stereocenters. The summed E-state index contributed by atoms with van der Waals surface area (Å²) in [4.78, 5) is 2.56. The molecule has 0 aliphatic carbocycles. The molecule has 2 rings (SSSR count). The Bertz CT molecular complexity index is 138. The molecule has 2 aliphatic heterocycles. The van der Waals surface area contributed by atoms with Crippen LogP contribution in [-0.4, -0.2) is 37.2 Å². The van der Waals surface area contributed by atoms with Crippen LogP contribution in [0.3, 0.4) is 0 Å². The van der Waals surface area contributed by atoms with Crippen LogP contribution in [0.2, 0.25) is 0 Å². The normalized spacial score (nSPS) is 42.8. The van der Waals surface area contributed by atoms with Crippen LogP contribution in [0.4, 0.5) is 0 Å². The SMILES string of the molecule is CCOC1CCN2CCC1C2. The summed E-state index contributed by atoms with van der Waals surface area (Å²) in [6.45, 7) is 6.86. The smallest absolute Gasteiger partial charge is 0.0628 e. The summed E-state index contributed by atoms with van der Waals surface area (Å²) < 4.78 is 5.69. The first kappa shape index (κ1) is 7.56. The zero-order valence-electron chi connectivity index (χ0n) is 7.25. The molecule has 2 heteroatoms. The van der Waals surface area contributed by atoms with E-state index in [-0.39, 0.29) is 0 Å². The van der Waals surface area contributed by atoms with Gasteiger partial charge in [-0.25, -0.2) is 0 Å². The zero-order valence-corrected chi connectivity index (χ0v) is 7.25. The maximum absolute atomic E-state index is 5.69. The Morgan fingerprint density at radius 3 is 3.00 bits per heavy atom. The zero-order chi connectivity index (χ0) is 7.68. The minimum atomic E-state index is 0.582. The minimum Gasteiger partial charge on any atom is -0.378 e. The first-order valence-corrected chi connectivity index (χ1v) is 4.74. The molecule has 3 atom stereocenters. The Labute approximate surface area is 68.5 Å². The molecule has 2 bridgehead atoms. The van der Waals surface area contributed by atoms with Crippen molar-refractivity contribution in [2.75, 3.05) is 26.2 Å². The van der Waals surface area contributed by atoms with Gasteiger partial charge < -0.3 is 9.64 Å². The summed E-state index contributed by atoms with van der Waals surface area (Å²) in [5.41, 5.74) is 0.